The van der Waals surface area contributed by atoms with Crippen molar-refractivity contribution in [2.24, 2.45) is 0 Å². The van der Waals surface area contributed by atoms with Crippen molar-refractivity contribution in [3.63, 3.8) is 0 Å². The molecule has 0 radical (unpaired) electrons. The number of Topliss-reactive ketones (excluding diaryl/α,β-unsaturated/α-hetero) is 1. The number of carbonyl (C=O) groups is 2. The zero-order valence-electron chi connectivity index (χ0n) is 16.6. The minimum Gasteiger partial charge on any atom is -0.375 e. The van der Waals surface area contributed by atoms with Crippen LogP contribution in [0.4, 0.5) is 0 Å². The summed E-state index contributed by atoms with van der Waals surface area (Å²) in [5, 5.41) is 15.0. The maximum absolute atomic E-state index is 12.7. The Kier molecular flexibility index (Phi) is 6.66. The first kappa shape index (κ1) is 21.4. The average molecular weight is 430 g/mol. The number of hydrogen-bond donors (Lipinski definition) is 2. The number of para-hydroxylation sites is 1. The van der Waals surface area contributed by atoms with Crippen LogP contribution in [0.5, 0.6) is 0 Å². The smallest absolute Gasteiger partial charge is 0.257 e. The number of nitrogens with one attached hydrogen (secondary N) is 1. The molecule has 1 amide bonds. The largest absolute Gasteiger partial charge is 0.375 e. The number of benzene rings is 1. The molecule has 3 rings (SSSR count). The number of aromatic nitrogens is 2. The molecule has 0 saturated carbocycles. The first-order valence-corrected chi connectivity index (χ1v) is 11.1. The Hall–Kier alpha value is -2.29. The zero-order chi connectivity index (χ0) is 21.0. The molecule has 0 aliphatic carbocycles. The molecule has 8 heteroatoms. The number of aryl methyl sites for hydroxylation is 1. The molecule has 2 heterocycles. The summed E-state index contributed by atoms with van der Waals surface area (Å²) in [6.07, 6.45) is 0.782. The molecule has 3 aromatic rings. The SMILES string of the molecule is CCCNC(=O)C(C)(O)c1ccc(C(=O)CSc2nc(C)nc3ccccc23)s1. The van der Waals surface area contributed by atoms with Gasteiger partial charge in [-0.05, 0) is 38.5 Å². The molecule has 2 aromatic heterocycles. The van der Waals surface area contributed by atoms with Gasteiger partial charge < -0.3 is 10.4 Å². The first-order valence-electron chi connectivity index (χ1n) is 9.33. The van der Waals surface area contributed by atoms with Gasteiger partial charge in [0.2, 0.25) is 0 Å². The first-order chi connectivity index (χ1) is 13.8. The summed E-state index contributed by atoms with van der Waals surface area (Å²) in [7, 11) is 0. The van der Waals surface area contributed by atoms with Gasteiger partial charge in [0.25, 0.3) is 5.91 Å². The third-order valence-electron chi connectivity index (χ3n) is 4.36. The summed E-state index contributed by atoms with van der Waals surface area (Å²) in [5.41, 5.74) is -0.812. The molecule has 0 spiro atoms. The average Bonchev–Trinajstić information content (AvgIpc) is 3.21. The van der Waals surface area contributed by atoms with E-state index in [2.05, 4.69) is 15.3 Å². The summed E-state index contributed by atoms with van der Waals surface area (Å²) in [6.45, 7) is 5.71. The minimum atomic E-state index is -1.66. The number of amides is 1. The Balaban J connectivity index is 1.72. The highest BCUT2D eigenvalue weighted by atomic mass is 32.2. The summed E-state index contributed by atoms with van der Waals surface area (Å²) in [6, 6.07) is 11.0. The van der Waals surface area contributed by atoms with Gasteiger partial charge in [0.1, 0.15) is 10.9 Å². The second-order valence-electron chi connectivity index (χ2n) is 6.80. The molecule has 1 atom stereocenters. The van der Waals surface area contributed by atoms with E-state index in [-0.39, 0.29) is 11.5 Å². The Morgan fingerprint density at radius 3 is 2.72 bits per heavy atom. The molecular formula is C21H23N3O3S2. The minimum absolute atomic E-state index is 0.0728. The Morgan fingerprint density at radius 2 is 1.97 bits per heavy atom. The van der Waals surface area contributed by atoms with Crippen molar-refractivity contribution in [2.45, 2.75) is 37.8 Å². The maximum Gasteiger partial charge on any atom is 0.257 e. The van der Waals surface area contributed by atoms with E-state index in [1.54, 1.807) is 12.1 Å². The number of hydrogen-bond acceptors (Lipinski definition) is 7. The van der Waals surface area contributed by atoms with Gasteiger partial charge in [-0.15, -0.1) is 11.3 Å². The standard InChI is InChI=1S/C21H23N3O3S2/c1-4-11-22-20(26)21(3,27)18-10-9-17(29-18)16(25)12-28-19-14-7-5-6-8-15(14)23-13(2)24-19/h5-10,27H,4,11-12H2,1-3H3,(H,22,26). The summed E-state index contributed by atoms with van der Waals surface area (Å²) >= 11 is 2.51. The molecule has 0 saturated heterocycles. The Morgan fingerprint density at radius 1 is 1.21 bits per heavy atom. The van der Waals surface area contributed by atoms with Gasteiger partial charge in [-0.3, -0.25) is 9.59 Å². The summed E-state index contributed by atoms with van der Waals surface area (Å²) < 4.78 is 0. The van der Waals surface area contributed by atoms with Crippen molar-refractivity contribution in [3.05, 3.63) is 52.0 Å². The van der Waals surface area contributed by atoms with Gasteiger partial charge in [0.15, 0.2) is 11.4 Å². The summed E-state index contributed by atoms with van der Waals surface area (Å²) in [5.74, 6) is 0.338. The number of ketones is 1. The van der Waals surface area contributed by atoms with E-state index < -0.39 is 11.5 Å². The highest BCUT2D eigenvalue weighted by molar-refractivity contribution is 8.00. The summed E-state index contributed by atoms with van der Waals surface area (Å²) in [4.78, 5) is 34.7. The van der Waals surface area contributed by atoms with Crippen LogP contribution < -0.4 is 5.32 Å². The van der Waals surface area contributed by atoms with Gasteiger partial charge in [0.05, 0.1) is 16.1 Å². The van der Waals surface area contributed by atoms with Gasteiger partial charge >= 0.3 is 0 Å². The quantitative estimate of drug-likeness (QED) is 0.322. The topological polar surface area (TPSA) is 92.2 Å². The molecule has 0 aliphatic heterocycles. The predicted octanol–water partition coefficient (Wildman–Crippen LogP) is 3.71. The van der Waals surface area contributed by atoms with Gasteiger partial charge in [-0.2, -0.15) is 0 Å². The van der Waals surface area contributed by atoms with Crippen LogP contribution in [-0.4, -0.2) is 39.1 Å². The second kappa shape index (κ2) is 9.02. The van der Waals surface area contributed by atoms with Crippen LogP contribution in [0, 0.1) is 6.92 Å². The van der Waals surface area contributed by atoms with Crippen molar-refractivity contribution < 1.29 is 14.7 Å². The van der Waals surface area contributed by atoms with Crippen LogP contribution >= 0.6 is 23.1 Å². The van der Waals surface area contributed by atoms with E-state index in [9.17, 15) is 14.7 Å². The second-order valence-corrected chi connectivity index (χ2v) is 8.84. The van der Waals surface area contributed by atoms with Gasteiger partial charge in [-0.25, -0.2) is 9.97 Å². The van der Waals surface area contributed by atoms with Crippen LogP contribution in [0.15, 0.2) is 41.4 Å². The number of thioether (sulfide) groups is 1. The van der Waals surface area contributed by atoms with Gasteiger partial charge in [0, 0.05) is 16.8 Å². The van der Waals surface area contributed by atoms with Crippen LogP contribution in [0.1, 0.15) is 40.6 Å². The van der Waals surface area contributed by atoms with Crippen molar-refractivity contribution in [2.75, 3.05) is 12.3 Å². The van der Waals surface area contributed by atoms with E-state index in [0.29, 0.717) is 22.1 Å². The Bertz CT molecular complexity index is 1050. The lowest BCUT2D eigenvalue weighted by Crippen LogP contribution is -2.41. The van der Waals surface area contributed by atoms with E-state index >= 15 is 0 Å². The molecule has 152 valence electrons. The third kappa shape index (κ3) is 4.83. The van der Waals surface area contributed by atoms with Crippen LogP contribution in [0.25, 0.3) is 10.9 Å². The predicted molar refractivity (Wildman–Crippen MR) is 117 cm³/mol. The number of thiophene rings is 1. The molecule has 6 nitrogen and oxygen atoms in total. The highest BCUT2D eigenvalue weighted by Crippen LogP contribution is 2.31. The number of aliphatic hydroxyl groups is 1. The molecule has 1 aromatic carbocycles. The van der Waals surface area contributed by atoms with E-state index in [1.165, 1.54) is 18.7 Å². The van der Waals surface area contributed by atoms with Crippen molar-refractivity contribution in [1.29, 1.82) is 0 Å². The molecule has 0 bridgehead atoms. The fraction of sp³-hybridized carbons (Fsp3) is 0.333. The molecular weight excluding hydrogens is 406 g/mol. The zero-order valence-corrected chi connectivity index (χ0v) is 18.2. The lowest BCUT2D eigenvalue weighted by Gasteiger charge is -2.20. The van der Waals surface area contributed by atoms with E-state index in [4.69, 9.17) is 0 Å². The van der Waals surface area contributed by atoms with Gasteiger partial charge in [-0.1, -0.05) is 36.9 Å². The highest BCUT2D eigenvalue weighted by Gasteiger charge is 2.34. The van der Waals surface area contributed by atoms with E-state index in [0.717, 1.165) is 33.7 Å². The fourth-order valence-electron chi connectivity index (χ4n) is 2.75. The molecule has 29 heavy (non-hydrogen) atoms. The lowest BCUT2D eigenvalue weighted by molar-refractivity contribution is -0.138. The molecule has 0 aliphatic rings. The van der Waals surface area contributed by atoms with Crippen LogP contribution in [-0.2, 0) is 10.4 Å². The molecule has 2 N–H and O–H groups in total. The fourth-order valence-corrected chi connectivity index (χ4v) is 4.77. The monoisotopic (exact) mass is 429 g/mol. The maximum atomic E-state index is 12.7. The normalized spacial score (nSPS) is 13.2. The number of fused-ring (bicyclic) bond motifs is 1. The number of rotatable bonds is 8. The number of carbonyl (C=O) groups excluding carboxylic acids is 2. The third-order valence-corrected chi connectivity index (χ3v) is 6.69. The molecule has 1 unspecified atom stereocenters. The lowest BCUT2D eigenvalue weighted by atomic mass is 10.0. The number of nitrogens with zero attached hydrogens (tertiary/aromatic N) is 2. The van der Waals surface area contributed by atoms with Crippen LogP contribution in [0.3, 0.4) is 0 Å². The van der Waals surface area contributed by atoms with Crippen LogP contribution in [0.2, 0.25) is 0 Å². The van der Waals surface area contributed by atoms with Crippen molar-refractivity contribution >= 4 is 45.7 Å². The van der Waals surface area contributed by atoms with E-state index in [1.807, 2.05) is 38.1 Å². The molecule has 0 fully saturated rings. The van der Waals surface area contributed by atoms with Crippen molar-refractivity contribution in [3.8, 4) is 0 Å². The Labute approximate surface area is 177 Å². The van der Waals surface area contributed by atoms with Crippen molar-refractivity contribution in [1.82, 2.24) is 15.3 Å².